The minimum absolute atomic E-state index is 0.0120. The van der Waals surface area contributed by atoms with Gasteiger partial charge in [-0.3, -0.25) is 14.6 Å². The van der Waals surface area contributed by atoms with Crippen LogP contribution in [0.4, 0.5) is 0 Å². The normalized spacial score (nSPS) is 23.8. The Morgan fingerprint density at radius 3 is 2.38 bits per heavy atom. The standard InChI is InChI=1S/C23H27N3O3/c1-25(22(28)18-10-12-24-13-11-18)14-19-21(16-6-3-2-4-7-16)20(15-27)26(19)23(29)17-8-5-9-17/h2-4,6-7,10-13,17,19-21,27H,5,8-9,14-15H2,1H3/t19-,20+,21+/m0/s1. The first-order chi connectivity index (χ1) is 14.1. The van der Waals surface area contributed by atoms with Crippen LogP contribution in [0.2, 0.25) is 0 Å². The Hall–Kier alpha value is -2.73. The van der Waals surface area contributed by atoms with Crippen LogP contribution in [0.25, 0.3) is 0 Å². The van der Waals surface area contributed by atoms with Gasteiger partial charge in [0.15, 0.2) is 0 Å². The van der Waals surface area contributed by atoms with E-state index >= 15 is 0 Å². The van der Waals surface area contributed by atoms with Crippen LogP contribution in [0.1, 0.15) is 41.1 Å². The zero-order valence-corrected chi connectivity index (χ0v) is 16.6. The lowest BCUT2D eigenvalue weighted by atomic mass is 9.72. The van der Waals surface area contributed by atoms with Gasteiger partial charge >= 0.3 is 0 Å². The van der Waals surface area contributed by atoms with Crippen molar-refractivity contribution in [1.82, 2.24) is 14.8 Å². The Kier molecular flexibility index (Phi) is 5.62. The molecule has 1 aliphatic carbocycles. The second-order valence-corrected chi connectivity index (χ2v) is 8.05. The molecule has 2 aliphatic rings. The van der Waals surface area contributed by atoms with Crippen LogP contribution in [-0.2, 0) is 4.79 Å². The summed E-state index contributed by atoms with van der Waals surface area (Å²) in [6, 6.07) is 13.0. The lowest BCUT2D eigenvalue weighted by Crippen LogP contribution is -2.69. The number of amides is 2. The molecule has 1 aromatic heterocycles. The van der Waals surface area contributed by atoms with Gasteiger partial charge in [-0.15, -0.1) is 0 Å². The van der Waals surface area contributed by atoms with Gasteiger partial charge in [0.1, 0.15) is 0 Å². The van der Waals surface area contributed by atoms with Crippen molar-refractivity contribution in [3.8, 4) is 0 Å². The largest absolute Gasteiger partial charge is 0.394 e. The van der Waals surface area contributed by atoms with Crippen LogP contribution in [0, 0.1) is 5.92 Å². The quantitative estimate of drug-likeness (QED) is 0.817. The smallest absolute Gasteiger partial charge is 0.253 e. The van der Waals surface area contributed by atoms with E-state index in [1.165, 1.54) is 0 Å². The Bertz CT molecular complexity index is 854. The first kappa shape index (κ1) is 19.6. The maximum atomic E-state index is 13.1. The van der Waals surface area contributed by atoms with Gasteiger partial charge in [0.25, 0.3) is 5.91 Å². The minimum atomic E-state index is -0.236. The van der Waals surface area contributed by atoms with Crippen molar-refractivity contribution < 1.29 is 14.7 Å². The molecule has 0 bridgehead atoms. The lowest BCUT2D eigenvalue weighted by molar-refractivity contribution is -0.158. The minimum Gasteiger partial charge on any atom is -0.394 e. The first-order valence-electron chi connectivity index (χ1n) is 10.2. The van der Waals surface area contributed by atoms with Crippen LogP contribution in [0.5, 0.6) is 0 Å². The highest BCUT2D eigenvalue weighted by molar-refractivity contribution is 5.94. The number of hydrogen-bond donors (Lipinski definition) is 1. The van der Waals surface area contributed by atoms with Crippen LogP contribution in [-0.4, -0.2) is 64.0 Å². The van der Waals surface area contributed by atoms with E-state index in [1.54, 1.807) is 36.5 Å². The van der Waals surface area contributed by atoms with Gasteiger partial charge in [0.2, 0.25) is 5.91 Å². The van der Waals surface area contributed by atoms with Gasteiger partial charge in [0, 0.05) is 43.4 Å². The van der Waals surface area contributed by atoms with Crippen molar-refractivity contribution in [1.29, 1.82) is 0 Å². The number of rotatable bonds is 6. The van der Waals surface area contributed by atoms with Gasteiger partial charge in [0.05, 0.1) is 18.7 Å². The number of benzene rings is 1. The Labute approximate surface area is 171 Å². The average molecular weight is 393 g/mol. The van der Waals surface area contributed by atoms with Crippen LogP contribution in [0.15, 0.2) is 54.9 Å². The highest BCUT2D eigenvalue weighted by atomic mass is 16.3. The molecule has 4 rings (SSSR count). The second-order valence-electron chi connectivity index (χ2n) is 8.05. The molecule has 6 nitrogen and oxygen atoms in total. The predicted molar refractivity (Wildman–Crippen MR) is 109 cm³/mol. The van der Waals surface area contributed by atoms with E-state index in [4.69, 9.17) is 0 Å². The molecule has 0 radical (unpaired) electrons. The zero-order chi connectivity index (χ0) is 20.4. The van der Waals surface area contributed by atoms with Crippen molar-refractivity contribution in [3.63, 3.8) is 0 Å². The van der Waals surface area contributed by atoms with E-state index in [1.807, 2.05) is 35.2 Å². The van der Waals surface area contributed by atoms with Crippen molar-refractivity contribution in [2.45, 2.75) is 37.3 Å². The van der Waals surface area contributed by atoms with Crippen LogP contribution < -0.4 is 0 Å². The van der Waals surface area contributed by atoms with E-state index in [2.05, 4.69) is 4.98 Å². The van der Waals surface area contributed by atoms with Crippen molar-refractivity contribution >= 4 is 11.8 Å². The van der Waals surface area contributed by atoms with Crippen molar-refractivity contribution in [2.24, 2.45) is 5.92 Å². The highest BCUT2D eigenvalue weighted by Gasteiger charge is 2.53. The molecule has 0 unspecified atom stereocenters. The number of aliphatic hydroxyl groups is 1. The summed E-state index contributed by atoms with van der Waals surface area (Å²) in [7, 11) is 1.77. The van der Waals surface area contributed by atoms with E-state index in [0.717, 1.165) is 24.8 Å². The molecule has 1 aliphatic heterocycles. The maximum Gasteiger partial charge on any atom is 0.253 e. The van der Waals surface area contributed by atoms with Gasteiger partial charge < -0.3 is 14.9 Å². The number of aliphatic hydroxyl groups excluding tert-OH is 1. The highest BCUT2D eigenvalue weighted by Crippen LogP contribution is 2.43. The van der Waals surface area contributed by atoms with Gasteiger partial charge in [-0.2, -0.15) is 0 Å². The van der Waals surface area contributed by atoms with E-state index < -0.39 is 0 Å². The first-order valence-corrected chi connectivity index (χ1v) is 10.2. The average Bonchev–Trinajstić information content (AvgIpc) is 2.70. The van der Waals surface area contributed by atoms with E-state index in [0.29, 0.717) is 12.1 Å². The molecule has 1 saturated heterocycles. The summed E-state index contributed by atoms with van der Waals surface area (Å²) in [6.45, 7) is 0.353. The molecule has 2 heterocycles. The zero-order valence-electron chi connectivity index (χ0n) is 16.6. The molecule has 2 fully saturated rings. The molecule has 29 heavy (non-hydrogen) atoms. The number of carbonyl (C=O) groups excluding carboxylic acids is 2. The Morgan fingerprint density at radius 2 is 1.79 bits per heavy atom. The maximum absolute atomic E-state index is 13.1. The Morgan fingerprint density at radius 1 is 1.10 bits per heavy atom. The summed E-state index contributed by atoms with van der Waals surface area (Å²) in [4.78, 5) is 33.4. The van der Waals surface area contributed by atoms with Crippen LogP contribution >= 0.6 is 0 Å². The molecular weight excluding hydrogens is 366 g/mol. The number of carbonyl (C=O) groups is 2. The molecule has 1 N–H and O–H groups in total. The fourth-order valence-electron chi connectivity index (χ4n) is 4.54. The molecule has 3 atom stereocenters. The summed E-state index contributed by atoms with van der Waals surface area (Å²) in [5.41, 5.74) is 1.67. The molecule has 1 saturated carbocycles. The predicted octanol–water partition coefficient (Wildman–Crippen LogP) is 2.31. The SMILES string of the molecule is CN(C[C@H]1[C@@H](c2ccccc2)[C@@H](CO)N1C(=O)C1CCC1)C(=O)c1ccncc1. The Balaban J connectivity index is 1.58. The third-order valence-corrected chi connectivity index (χ3v) is 6.36. The second kappa shape index (κ2) is 8.33. The summed E-state index contributed by atoms with van der Waals surface area (Å²) in [5.74, 6) is 0.0994. The summed E-state index contributed by atoms with van der Waals surface area (Å²) < 4.78 is 0. The molecule has 152 valence electrons. The monoisotopic (exact) mass is 393 g/mol. The van der Waals surface area contributed by atoms with Gasteiger partial charge in [-0.05, 0) is 30.5 Å². The van der Waals surface area contributed by atoms with Gasteiger partial charge in [-0.1, -0.05) is 36.8 Å². The van der Waals surface area contributed by atoms with Gasteiger partial charge in [-0.25, -0.2) is 0 Å². The number of likely N-dealkylation sites (N-methyl/N-ethyl adjacent to an activating group) is 1. The molecule has 1 aromatic carbocycles. The summed E-state index contributed by atoms with van der Waals surface area (Å²) in [6.07, 6.45) is 6.13. The van der Waals surface area contributed by atoms with Crippen molar-refractivity contribution in [3.05, 3.63) is 66.0 Å². The third kappa shape index (κ3) is 3.65. The summed E-state index contributed by atoms with van der Waals surface area (Å²) >= 11 is 0. The third-order valence-electron chi connectivity index (χ3n) is 6.36. The van der Waals surface area contributed by atoms with E-state index in [-0.39, 0.29) is 42.3 Å². The lowest BCUT2D eigenvalue weighted by Gasteiger charge is -2.57. The number of nitrogens with zero attached hydrogens (tertiary/aromatic N) is 3. The topological polar surface area (TPSA) is 73.7 Å². The van der Waals surface area contributed by atoms with Crippen molar-refractivity contribution in [2.75, 3.05) is 20.2 Å². The number of likely N-dealkylation sites (tertiary alicyclic amines) is 1. The number of pyridine rings is 1. The number of aromatic nitrogens is 1. The molecule has 0 spiro atoms. The molecule has 6 heteroatoms. The van der Waals surface area contributed by atoms with E-state index in [9.17, 15) is 14.7 Å². The fourth-order valence-corrected chi connectivity index (χ4v) is 4.54. The fraction of sp³-hybridized carbons (Fsp3) is 0.435. The molecular formula is C23H27N3O3. The van der Waals surface area contributed by atoms with Crippen LogP contribution in [0.3, 0.4) is 0 Å². The molecule has 2 amide bonds. The summed E-state index contributed by atoms with van der Waals surface area (Å²) in [5, 5.41) is 10.1. The molecule has 2 aromatic rings. The number of hydrogen-bond acceptors (Lipinski definition) is 4.